The predicted molar refractivity (Wildman–Crippen MR) is 122 cm³/mol. The Morgan fingerprint density at radius 1 is 1.06 bits per heavy atom. The molecule has 1 heterocycles. The standard InChI is InChI=1S/C23H26Cl2O9/c1-11-14(22(29)34-21-17(27)13(9-26)33-23(31-3)18(21)28)19(30-2)16(25)20(15(11)24)32-10-12-7-5-4-6-8-12/h4-8,13,17-18,21,23,26-28H,9-10H2,1-3H3/t13-,17-,18-,21+,23+/m1/s1. The van der Waals surface area contributed by atoms with Crippen molar-refractivity contribution in [2.75, 3.05) is 20.8 Å². The number of rotatable bonds is 8. The van der Waals surface area contributed by atoms with Gasteiger partial charge in [-0.25, -0.2) is 4.79 Å². The van der Waals surface area contributed by atoms with Crippen LogP contribution in [0.4, 0.5) is 0 Å². The minimum Gasteiger partial charge on any atom is -0.494 e. The van der Waals surface area contributed by atoms with Gasteiger partial charge in [0, 0.05) is 7.11 Å². The molecule has 11 heteroatoms. The molecule has 1 aliphatic heterocycles. The molecule has 186 valence electrons. The zero-order chi connectivity index (χ0) is 25.0. The Kier molecular flexibility index (Phi) is 9.00. The number of benzene rings is 2. The second-order valence-corrected chi connectivity index (χ2v) is 8.33. The van der Waals surface area contributed by atoms with Crippen LogP contribution in [0.5, 0.6) is 11.5 Å². The number of hydrogen-bond acceptors (Lipinski definition) is 9. The molecule has 3 rings (SSSR count). The van der Waals surface area contributed by atoms with Crippen LogP contribution in [0, 0.1) is 6.92 Å². The van der Waals surface area contributed by atoms with Crippen LogP contribution < -0.4 is 9.47 Å². The van der Waals surface area contributed by atoms with Crippen LogP contribution in [0.3, 0.4) is 0 Å². The van der Waals surface area contributed by atoms with Gasteiger partial charge in [0.2, 0.25) is 0 Å². The van der Waals surface area contributed by atoms with Crippen molar-refractivity contribution in [3.05, 3.63) is 57.1 Å². The van der Waals surface area contributed by atoms with Gasteiger partial charge >= 0.3 is 5.97 Å². The number of hydrogen-bond donors (Lipinski definition) is 3. The van der Waals surface area contributed by atoms with Crippen molar-refractivity contribution >= 4 is 29.2 Å². The first-order valence-electron chi connectivity index (χ1n) is 10.3. The first-order valence-corrected chi connectivity index (χ1v) is 11.1. The fourth-order valence-corrected chi connectivity index (χ4v) is 4.24. The molecular formula is C23H26Cl2O9. The highest BCUT2D eigenvalue weighted by atomic mass is 35.5. The van der Waals surface area contributed by atoms with E-state index in [-0.39, 0.29) is 39.3 Å². The molecule has 0 aliphatic carbocycles. The number of aliphatic hydroxyl groups is 3. The quantitative estimate of drug-likeness (QED) is 0.453. The van der Waals surface area contributed by atoms with Gasteiger partial charge in [-0.3, -0.25) is 0 Å². The number of methoxy groups -OCH3 is 2. The fourth-order valence-electron chi connectivity index (χ4n) is 3.62. The summed E-state index contributed by atoms with van der Waals surface area (Å²) >= 11 is 13.0. The first-order chi connectivity index (χ1) is 16.2. The Morgan fingerprint density at radius 2 is 1.74 bits per heavy atom. The first kappa shape index (κ1) is 26.5. The molecule has 0 bridgehead atoms. The topological polar surface area (TPSA) is 124 Å². The molecule has 34 heavy (non-hydrogen) atoms. The van der Waals surface area contributed by atoms with Crippen LogP contribution in [-0.2, 0) is 20.8 Å². The van der Waals surface area contributed by atoms with E-state index in [0.717, 1.165) is 5.56 Å². The van der Waals surface area contributed by atoms with E-state index in [2.05, 4.69) is 0 Å². The van der Waals surface area contributed by atoms with Crippen LogP contribution in [0.2, 0.25) is 10.0 Å². The zero-order valence-electron chi connectivity index (χ0n) is 18.7. The largest absolute Gasteiger partial charge is 0.494 e. The number of esters is 1. The maximum atomic E-state index is 13.2. The van der Waals surface area contributed by atoms with Gasteiger partial charge in [0.15, 0.2) is 23.9 Å². The van der Waals surface area contributed by atoms with Crippen molar-refractivity contribution in [3.63, 3.8) is 0 Å². The third-order valence-corrected chi connectivity index (χ3v) is 6.26. The van der Waals surface area contributed by atoms with Gasteiger partial charge in [0.25, 0.3) is 0 Å². The van der Waals surface area contributed by atoms with Crippen molar-refractivity contribution in [1.82, 2.24) is 0 Å². The highest BCUT2D eigenvalue weighted by Crippen LogP contribution is 2.46. The maximum absolute atomic E-state index is 13.2. The van der Waals surface area contributed by atoms with Gasteiger partial charge in [-0.1, -0.05) is 53.5 Å². The van der Waals surface area contributed by atoms with Gasteiger partial charge < -0.3 is 39.0 Å². The third kappa shape index (κ3) is 5.26. The summed E-state index contributed by atoms with van der Waals surface area (Å²) in [5.41, 5.74) is 1.03. The van der Waals surface area contributed by atoms with Gasteiger partial charge in [-0.15, -0.1) is 0 Å². The molecule has 9 nitrogen and oxygen atoms in total. The number of aliphatic hydroxyl groups excluding tert-OH is 3. The molecule has 2 aromatic carbocycles. The Balaban J connectivity index is 1.92. The molecule has 0 aromatic heterocycles. The highest BCUT2D eigenvalue weighted by molar-refractivity contribution is 6.39. The monoisotopic (exact) mass is 516 g/mol. The minimum atomic E-state index is -1.53. The van der Waals surface area contributed by atoms with E-state index in [1.54, 1.807) is 6.92 Å². The lowest BCUT2D eigenvalue weighted by molar-refractivity contribution is -0.293. The van der Waals surface area contributed by atoms with Crippen molar-refractivity contribution in [2.45, 2.75) is 44.2 Å². The Bertz CT molecular complexity index is 986. The second-order valence-electron chi connectivity index (χ2n) is 7.58. The van der Waals surface area contributed by atoms with Gasteiger partial charge in [-0.2, -0.15) is 0 Å². The normalized spacial score (nSPS) is 24.5. The van der Waals surface area contributed by atoms with Gasteiger partial charge in [0.05, 0.1) is 18.7 Å². The summed E-state index contributed by atoms with van der Waals surface area (Å²) < 4.78 is 26.9. The number of carbonyl (C=O) groups excluding carboxylic acids is 1. The summed E-state index contributed by atoms with van der Waals surface area (Å²) in [5, 5.41) is 30.4. The molecule has 0 saturated carbocycles. The minimum absolute atomic E-state index is 0.0444. The van der Waals surface area contributed by atoms with Crippen LogP contribution in [0.15, 0.2) is 30.3 Å². The van der Waals surface area contributed by atoms with E-state index in [1.807, 2.05) is 30.3 Å². The van der Waals surface area contributed by atoms with Crippen molar-refractivity contribution < 1.29 is 43.8 Å². The fraction of sp³-hybridized carbons (Fsp3) is 0.435. The Morgan fingerprint density at radius 3 is 2.32 bits per heavy atom. The molecule has 0 amide bonds. The van der Waals surface area contributed by atoms with Crippen molar-refractivity contribution in [2.24, 2.45) is 0 Å². The molecule has 0 spiro atoms. The molecular weight excluding hydrogens is 491 g/mol. The van der Waals surface area contributed by atoms with Gasteiger partial charge in [0.1, 0.15) is 35.5 Å². The summed E-state index contributed by atoms with van der Waals surface area (Å²) in [7, 11) is 2.58. The van der Waals surface area contributed by atoms with E-state index in [0.29, 0.717) is 0 Å². The Hall–Kier alpha value is -2.11. The van der Waals surface area contributed by atoms with Crippen molar-refractivity contribution in [1.29, 1.82) is 0 Å². The molecule has 2 aromatic rings. The SMILES string of the molecule is COc1c(Cl)c(OCc2ccccc2)c(Cl)c(C)c1C(=O)O[C@@H]1[C@@H](O)[C@@H](OC)O[C@H](CO)[C@H]1O. The average molecular weight is 517 g/mol. The molecule has 3 N–H and O–H groups in total. The van der Waals surface area contributed by atoms with E-state index >= 15 is 0 Å². The zero-order valence-corrected chi connectivity index (χ0v) is 20.2. The predicted octanol–water partition coefficient (Wildman–Crippen LogP) is 2.50. The summed E-state index contributed by atoms with van der Waals surface area (Å²) in [5.74, 6) is -0.886. The molecule has 5 atom stereocenters. The lowest BCUT2D eigenvalue weighted by Crippen LogP contribution is -2.60. The summed E-state index contributed by atoms with van der Waals surface area (Å²) in [6.45, 7) is 1.14. The number of ether oxygens (including phenoxy) is 5. The summed E-state index contributed by atoms with van der Waals surface area (Å²) in [6, 6.07) is 9.34. The van der Waals surface area contributed by atoms with E-state index in [1.165, 1.54) is 14.2 Å². The summed E-state index contributed by atoms with van der Waals surface area (Å²) in [4.78, 5) is 13.2. The molecule has 1 saturated heterocycles. The average Bonchev–Trinajstić information content (AvgIpc) is 2.84. The molecule has 1 fully saturated rings. The molecule has 0 unspecified atom stereocenters. The Labute approximate surface area is 206 Å². The number of halogens is 2. The van der Waals surface area contributed by atoms with Crippen LogP contribution >= 0.6 is 23.2 Å². The molecule has 0 radical (unpaired) electrons. The second kappa shape index (κ2) is 11.5. The lowest BCUT2D eigenvalue weighted by Gasteiger charge is -2.40. The number of carbonyl (C=O) groups is 1. The van der Waals surface area contributed by atoms with Crippen LogP contribution in [0.25, 0.3) is 0 Å². The smallest absolute Gasteiger partial charge is 0.342 e. The molecule has 1 aliphatic rings. The van der Waals surface area contributed by atoms with Crippen LogP contribution in [0.1, 0.15) is 21.5 Å². The maximum Gasteiger partial charge on any atom is 0.342 e. The van der Waals surface area contributed by atoms with E-state index in [9.17, 15) is 20.1 Å². The lowest BCUT2D eigenvalue weighted by atomic mass is 9.98. The van der Waals surface area contributed by atoms with E-state index < -0.39 is 43.3 Å². The van der Waals surface area contributed by atoms with Gasteiger partial charge in [-0.05, 0) is 18.1 Å². The highest BCUT2D eigenvalue weighted by Gasteiger charge is 2.47. The van der Waals surface area contributed by atoms with Crippen molar-refractivity contribution in [3.8, 4) is 11.5 Å². The summed E-state index contributed by atoms with van der Waals surface area (Å²) in [6.07, 6.45) is -6.91. The van der Waals surface area contributed by atoms with Crippen LogP contribution in [-0.4, -0.2) is 72.8 Å². The van der Waals surface area contributed by atoms with E-state index in [4.69, 9.17) is 46.9 Å². The third-order valence-electron chi connectivity index (χ3n) is 5.46.